The van der Waals surface area contributed by atoms with Crippen molar-refractivity contribution < 1.29 is 4.42 Å². The number of nitrogens with two attached hydrogens (primary N) is 1. The minimum Gasteiger partial charge on any atom is -0.469 e. The molecule has 8 heteroatoms. The summed E-state index contributed by atoms with van der Waals surface area (Å²) in [6.07, 6.45) is 3.33. The molecule has 21 heavy (non-hydrogen) atoms. The summed E-state index contributed by atoms with van der Waals surface area (Å²) in [6.45, 7) is 1.86. The molecule has 0 radical (unpaired) electrons. The van der Waals surface area contributed by atoms with Gasteiger partial charge in [-0.1, -0.05) is 29.4 Å². The van der Waals surface area contributed by atoms with Crippen molar-refractivity contribution in [2.45, 2.75) is 17.8 Å². The molecule has 0 spiro atoms. The summed E-state index contributed by atoms with van der Waals surface area (Å²) in [5, 5.41) is 9.32. The minimum absolute atomic E-state index is 0.475. The number of furan rings is 1. The minimum atomic E-state index is 0.475. The van der Waals surface area contributed by atoms with Gasteiger partial charge >= 0.3 is 0 Å². The molecule has 0 saturated carbocycles. The number of rotatable bonds is 4. The molecule has 6 nitrogen and oxygen atoms in total. The van der Waals surface area contributed by atoms with Crippen molar-refractivity contribution in [2.24, 2.45) is 0 Å². The molecular formula is C13H12ClN5OS. The third-order valence-electron chi connectivity index (χ3n) is 2.92. The van der Waals surface area contributed by atoms with Gasteiger partial charge in [0.1, 0.15) is 10.9 Å². The summed E-state index contributed by atoms with van der Waals surface area (Å²) in [4.78, 5) is 4.04. The lowest BCUT2D eigenvalue weighted by molar-refractivity contribution is 0.535. The Morgan fingerprint density at radius 3 is 2.86 bits per heavy atom. The Bertz CT molecular complexity index is 752. The Kier molecular flexibility index (Phi) is 3.85. The number of hydrogen-bond acceptors (Lipinski definition) is 6. The van der Waals surface area contributed by atoms with Gasteiger partial charge in [-0.05, 0) is 24.6 Å². The second kappa shape index (κ2) is 5.79. The van der Waals surface area contributed by atoms with Crippen LogP contribution in [0.25, 0.3) is 11.4 Å². The van der Waals surface area contributed by atoms with Gasteiger partial charge in [-0.15, -0.1) is 10.2 Å². The highest BCUT2D eigenvalue weighted by Crippen LogP contribution is 2.26. The first kappa shape index (κ1) is 14.0. The molecule has 0 amide bonds. The molecule has 3 aromatic heterocycles. The number of pyridine rings is 1. The largest absolute Gasteiger partial charge is 0.469 e. The summed E-state index contributed by atoms with van der Waals surface area (Å²) in [5.74, 6) is 8.07. The lowest BCUT2D eigenvalue weighted by atomic mass is 10.2. The SMILES string of the molecule is Cc1occc1-c1nnc(SCc2ccc(Cl)nc2)n1N. The Labute approximate surface area is 130 Å². The Morgan fingerprint density at radius 2 is 2.19 bits per heavy atom. The van der Waals surface area contributed by atoms with E-state index in [9.17, 15) is 0 Å². The molecular weight excluding hydrogens is 310 g/mol. The number of thioether (sulfide) groups is 1. The fourth-order valence-corrected chi connectivity index (χ4v) is 2.72. The normalized spacial score (nSPS) is 11.0. The van der Waals surface area contributed by atoms with Crippen LogP contribution in [0.15, 0.2) is 40.2 Å². The molecule has 3 rings (SSSR count). The standard InChI is InChI=1S/C13H12ClN5OS/c1-8-10(4-5-20-8)12-17-18-13(19(12)15)21-7-9-2-3-11(14)16-6-9/h2-6H,7,15H2,1H3. The van der Waals surface area contributed by atoms with Gasteiger partial charge in [0.25, 0.3) is 0 Å². The number of aryl methyl sites for hydroxylation is 1. The van der Waals surface area contributed by atoms with Crippen molar-refractivity contribution in [2.75, 3.05) is 5.84 Å². The zero-order chi connectivity index (χ0) is 14.8. The maximum Gasteiger partial charge on any atom is 0.210 e. The molecule has 2 N–H and O–H groups in total. The second-order valence-electron chi connectivity index (χ2n) is 4.34. The van der Waals surface area contributed by atoms with Gasteiger partial charge in [0.15, 0.2) is 5.82 Å². The maximum absolute atomic E-state index is 6.04. The Morgan fingerprint density at radius 1 is 1.33 bits per heavy atom. The van der Waals surface area contributed by atoms with E-state index in [-0.39, 0.29) is 0 Å². The van der Waals surface area contributed by atoms with E-state index in [1.807, 2.05) is 19.1 Å². The fraction of sp³-hybridized carbons (Fsp3) is 0.154. The summed E-state index contributed by atoms with van der Waals surface area (Å²) >= 11 is 7.24. The highest BCUT2D eigenvalue weighted by molar-refractivity contribution is 7.98. The van der Waals surface area contributed by atoms with Crippen molar-refractivity contribution >= 4 is 23.4 Å². The molecule has 0 saturated heterocycles. The molecule has 108 valence electrons. The van der Waals surface area contributed by atoms with Gasteiger partial charge in [-0.2, -0.15) is 0 Å². The summed E-state index contributed by atoms with van der Waals surface area (Å²) < 4.78 is 6.72. The molecule has 3 heterocycles. The summed E-state index contributed by atoms with van der Waals surface area (Å²) in [6, 6.07) is 5.49. The Hall–Kier alpha value is -1.99. The number of hydrogen-bond donors (Lipinski definition) is 1. The van der Waals surface area contributed by atoms with Gasteiger partial charge in [-0.25, -0.2) is 9.66 Å². The number of nitrogens with zero attached hydrogens (tertiary/aromatic N) is 4. The van der Waals surface area contributed by atoms with Crippen LogP contribution < -0.4 is 5.84 Å². The first-order valence-corrected chi connectivity index (χ1v) is 7.49. The van der Waals surface area contributed by atoms with Crippen LogP contribution in [-0.4, -0.2) is 19.9 Å². The van der Waals surface area contributed by atoms with E-state index in [2.05, 4.69) is 15.2 Å². The van der Waals surface area contributed by atoms with Crippen molar-refractivity contribution in [1.29, 1.82) is 0 Å². The molecule has 0 aliphatic carbocycles. The van der Waals surface area contributed by atoms with E-state index < -0.39 is 0 Å². The predicted molar refractivity (Wildman–Crippen MR) is 81.4 cm³/mol. The summed E-state index contributed by atoms with van der Waals surface area (Å²) in [7, 11) is 0. The third kappa shape index (κ3) is 2.88. The first-order chi connectivity index (χ1) is 10.1. The lowest BCUT2D eigenvalue weighted by Gasteiger charge is -2.03. The van der Waals surface area contributed by atoms with Crippen molar-refractivity contribution in [3.05, 3.63) is 47.1 Å². The highest BCUT2D eigenvalue weighted by atomic mass is 35.5. The number of aromatic nitrogens is 4. The number of halogens is 1. The van der Waals surface area contributed by atoms with Crippen molar-refractivity contribution in [3.8, 4) is 11.4 Å². The monoisotopic (exact) mass is 321 g/mol. The van der Waals surface area contributed by atoms with Crippen LogP contribution >= 0.6 is 23.4 Å². The van der Waals surface area contributed by atoms with Gasteiger partial charge < -0.3 is 10.3 Å². The van der Waals surface area contributed by atoms with Gasteiger partial charge in [0, 0.05) is 11.9 Å². The van der Waals surface area contributed by atoms with Crippen LogP contribution in [0.5, 0.6) is 0 Å². The van der Waals surface area contributed by atoms with E-state index in [1.165, 1.54) is 16.4 Å². The molecule has 0 bridgehead atoms. The zero-order valence-corrected chi connectivity index (χ0v) is 12.7. The van der Waals surface area contributed by atoms with E-state index in [1.54, 1.807) is 18.5 Å². The van der Waals surface area contributed by atoms with Crippen LogP contribution in [0, 0.1) is 6.92 Å². The lowest BCUT2D eigenvalue weighted by Crippen LogP contribution is -2.11. The third-order valence-corrected chi connectivity index (χ3v) is 4.16. The first-order valence-electron chi connectivity index (χ1n) is 6.13. The summed E-state index contributed by atoms with van der Waals surface area (Å²) in [5.41, 5.74) is 1.87. The molecule has 3 aromatic rings. The smallest absolute Gasteiger partial charge is 0.210 e. The molecule has 0 unspecified atom stereocenters. The molecule has 0 aliphatic heterocycles. The fourth-order valence-electron chi connectivity index (χ4n) is 1.82. The van der Waals surface area contributed by atoms with E-state index >= 15 is 0 Å². The predicted octanol–water partition coefficient (Wildman–Crippen LogP) is 2.90. The maximum atomic E-state index is 6.04. The molecule has 0 atom stereocenters. The van der Waals surface area contributed by atoms with Crippen LogP contribution in [0.3, 0.4) is 0 Å². The number of nitrogen functional groups attached to an aromatic ring is 1. The molecule has 0 aliphatic rings. The molecule has 0 aromatic carbocycles. The average Bonchev–Trinajstić information content (AvgIpc) is 3.04. The van der Waals surface area contributed by atoms with Crippen molar-refractivity contribution in [1.82, 2.24) is 19.9 Å². The van der Waals surface area contributed by atoms with Crippen LogP contribution in [0.1, 0.15) is 11.3 Å². The zero-order valence-electron chi connectivity index (χ0n) is 11.2. The van der Waals surface area contributed by atoms with E-state index in [0.29, 0.717) is 21.9 Å². The van der Waals surface area contributed by atoms with Gasteiger partial charge in [0.05, 0.1) is 11.8 Å². The average molecular weight is 322 g/mol. The highest BCUT2D eigenvalue weighted by Gasteiger charge is 2.15. The quantitative estimate of drug-likeness (QED) is 0.452. The van der Waals surface area contributed by atoms with Gasteiger partial charge in [-0.3, -0.25) is 0 Å². The van der Waals surface area contributed by atoms with E-state index in [0.717, 1.165) is 16.9 Å². The Balaban J connectivity index is 1.77. The van der Waals surface area contributed by atoms with Crippen LogP contribution in [-0.2, 0) is 5.75 Å². The topological polar surface area (TPSA) is 82.8 Å². The van der Waals surface area contributed by atoms with Crippen LogP contribution in [0.2, 0.25) is 5.15 Å². The van der Waals surface area contributed by atoms with Crippen molar-refractivity contribution in [3.63, 3.8) is 0 Å². The molecule has 0 fully saturated rings. The van der Waals surface area contributed by atoms with E-state index in [4.69, 9.17) is 21.9 Å². The second-order valence-corrected chi connectivity index (χ2v) is 5.67. The van der Waals surface area contributed by atoms with Gasteiger partial charge in [0.2, 0.25) is 5.16 Å². The van der Waals surface area contributed by atoms with Crippen LogP contribution in [0.4, 0.5) is 0 Å².